The molecule has 0 radical (unpaired) electrons. The second-order valence-corrected chi connectivity index (χ2v) is 9.36. The second-order valence-electron chi connectivity index (χ2n) is 9.36. The van der Waals surface area contributed by atoms with Crippen LogP contribution in [0.1, 0.15) is 30.9 Å². The number of unbranched alkanes of at least 4 members (excludes halogenated alkanes) is 1. The molecule has 4 aromatic rings. The number of rotatable bonds is 9. The molecule has 4 rings (SSSR count). The summed E-state index contributed by atoms with van der Waals surface area (Å²) in [4.78, 5) is 27.5. The van der Waals surface area contributed by atoms with E-state index in [-0.39, 0.29) is 18.8 Å². The van der Waals surface area contributed by atoms with E-state index in [2.05, 4.69) is 10.6 Å². The van der Waals surface area contributed by atoms with E-state index in [9.17, 15) is 18.4 Å². The van der Waals surface area contributed by atoms with E-state index in [0.717, 1.165) is 40.9 Å². The first-order valence-corrected chi connectivity index (χ1v) is 12.8. The van der Waals surface area contributed by atoms with Crippen molar-refractivity contribution >= 4 is 23.4 Å². The van der Waals surface area contributed by atoms with E-state index < -0.39 is 23.6 Å². The largest absolute Gasteiger partial charge is 0.322 e. The lowest BCUT2D eigenvalue weighted by Crippen LogP contribution is -2.41. The van der Waals surface area contributed by atoms with Gasteiger partial charge in [0, 0.05) is 24.2 Å². The Kier molecular flexibility index (Phi) is 8.70. The molecule has 0 unspecified atom stereocenters. The van der Waals surface area contributed by atoms with Crippen molar-refractivity contribution in [2.75, 3.05) is 23.7 Å². The first-order chi connectivity index (χ1) is 18.7. The maximum atomic E-state index is 14.1. The van der Waals surface area contributed by atoms with Crippen LogP contribution in [0.2, 0.25) is 0 Å². The van der Waals surface area contributed by atoms with Gasteiger partial charge in [-0.05, 0) is 44.0 Å². The number of nitrogens with zero attached hydrogens (tertiary/aromatic N) is 3. The number of carbonyl (C=O) groups excluding carboxylic acids is 2. The molecule has 0 bridgehead atoms. The molecule has 0 saturated carbocycles. The van der Waals surface area contributed by atoms with E-state index in [0.29, 0.717) is 24.0 Å². The van der Waals surface area contributed by atoms with Crippen molar-refractivity contribution in [3.63, 3.8) is 0 Å². The second kappa shape index (κ2) is 12.3. The summed E-state index contributed by atoms with van der Waals surface area (Å²) in [6, 6.07) is 19.6. The molecule has 0 fully saturated rings. The van der Waals surface area contributed by atoms with E-state index in [1.165, 1.54) is 4.90 Å². The molecule has 0 saturated heterocycles. The minimum Gasteiger partial charge on any atom is -0.315 e. The Hall–Kier alpha value is -4.53. The lowest BCUT2D eigenvalue weighted by atomic mass is 10.1. The number of amides is 3. The van der Waals surface area contributed by atoms with Crippen molar-refractivity contribution < 1.29 is 18.4 Å². The zero-order chi connectivity index (χ0) is 27.9. The molecule has 0 spiro atoms. The third-order valence-corrected chi connectivity index (χ3v) is 6.20. The predicted molar refractivity (Wildman–Crippen MR) is 149 cm³/mol. The highest BCUT2D eigenvalue weighted by atomic mass is 19.1. The molecule has 1 aromatic heterocycles. The number of hydrogen-bond donors (Lipinski definition) is 2. The zero-order valence-electron chi connectivity index (χ0n) is 22.2. The Balaban J connectivity index is 1.58. The molecule has 0 aliphatic heterocycles. The lowest BCUT2D eigenvalue weighted by molar-refractivity contribution is -0.116. The van der Waals surface area contributed by atoms with E-state index in [1.54, 1.807) is 10.7 Å². The summed E-state index contributed by atoms with van der Waals surface area (Å²) < 4.78 is 29.1. The molecule has 3 amide bonds. The van der Waals surface area contributed by atoms with Crippen LogP contribution in [0.15, 0.2) is 72.8 Å². The van der Waals surface area contributed by atoms with Gasteiger partial charge in [0.2, 0.25) is 5.91 Å². The molecule has 0 aliphatic carbocycles. The lowest BCUT2D eigenvalue weighted by Gasteiger charge is -2.23. The standard InChI is InChI=1S/C30H31F2N5O2/c1-4-5-15-36(30(39)33-25-13-12-23(31)17-24(25)32)19-29(38)34-28-18-26(22-9-7-6-8-10-22)35-37(28)27-14-11-20(2)16-21(27)3/h6-14,16-18H,4-5,15,19H2,1-3H3,(H,33,39)(H,34,38). The molecular formula is C30H31F2N5O2. The molecule has 7 nitrogen and oxygen atoms in total. The first-order valence-electron chi connectivity index (χ1n) is 12.8. The van der Waals surface area contributed by atoms with Gasteiger partial charge in [-0.15, -0.1) is 0 Å². The summed E-state index contributed by atoms with van der Waals surface area (Å²) in [7, 11) is 0. The van der Waals surface area contributed by atoms with E-state index in [1.807, 2.05) is 69.3 Å². The minimum atomic E-state index is -0.894. The van der Waals surface area contributed by atoms with E-state index >= 15 is 0 Å². The highest BCUT2D eigenvalue weighted by molar-refractivity contribution is 5.97. The Morgan fingerprint density at radius 2 is 1.72 bits per heavy atom. The van der Waals surface area contributed by atoms with Gasteiger partial charge in [0.1, 0.15) is 24.0 Å². The van der Waals surface area contributed by atoms with Gasteiger partial charge >= 0.3 is 6.03 Å². The Bertz CT molecular complexity index is 1470. The summed E-state index contributed by atoms with van der Waals surface area (Å²) >= 11 is 0. The zero-order valence-corrected chi connectivity index (χ0v) is 22.2. The summed E-state index contributed by atoms with van der Waals surface area (Å²) in [5, 5.41) is 10.1. The third-order valence-electron chi connectivity index (χ3n) is 6.20. The fourth-order valence-corrected chi connectivity index (χ4v) is 4.19. The van der Waals surface area contributed by atoms with Crippen LogP contribution in [0.3, 0.4) is 0 Å². The number of hydrogen-bond acceptors (Lipinski definition) is 3. The molecule has 9 heteroatoms. The third kappa shape index (κ3) is 6.87. The van der Waals surface area contributed by atoms with Gasteiger partial charge in [-0.1, -0.05) is 61.4 Å². The van der Waals surface area contributed by atoms with Gasteiger partial charge in [-0.25, -0.2) is 18.3 Å². The number of aryl methyl sites for hydroxylation is 2. The van der Waals surface area contributed by atoms with Crippen molar-refractivity contribution in [2.45, 2.75) is 33.6 Å². The number of nitrogens with one attached hydrogen (secondary N) is 2. The normalized spacial score (nSPS) is 10.8. The molecule has 39 heavy (non-hydrogen) atoms. The van der Waals surface area contributed by atoms with Gasteiger partial charge in [0.05, 0.1) is 17.1 Å². The van der Waals surface area contributed by atoms with Gasteiger partial charge in [-0.2, -0.15) is 5.10 Å². The van der Waals surface area contributed by atoms with Crippen LogP contribution >= 0.6 is 0 Å². The molecular weight excluding hydrogens is 500 g/mol. The summed E-state index contributed by atoms with van der Waals surface area (Å²) in [6.07, 6.45) is 1.43. The summed E-state index contributed by atoms with van der Waals surface area (Å²) in [5.41, 5.74) is 4.31. The fraction of sp³-hybridized carbons (Fsp3) is 0.233. The van der Waals surface area contributed by atoms with Gasteiger partial charge in [-0.3, -0.25) is 4.79 Å². The van der Waals surface area contributed by atoms with Crippen LogP contribution in [0.4, 0.5) is 25.1 Å². The topological polar surface area (TPSA) is 79.3 Å². The number of urea groups is 1. The van der Waals surface area contributed by atoms with Crippen LogP contribution in [-0.2, 0) is 4.79 Å². The van der Waals surface area contributed by atoms with Crippen molar-refractivity contribution in [3.05, 3.63) is 95.6 Å². The predicted octanol–water partition coefficient (Wildman–Crippen LogP) is 6.71. The number of anilines is 2. The van der Waals surface area contributed by atoms with Crippen LogP contribution in [0.25, 0.3) is 16.9 Å². The smallest absolute Gasteiger partial charge is 0.315 e. The van der Waals surface area contributed by atoms with Gasteiger partial charge < -0.3 is 15.5 Å². The van der Waals surface area contributed by atoms with Crippen molar-refractivity contribution in [3.8, 4) is 16.9 Å². The first kappa shape index (κ1) is 27.5. The summed E-state index contributed by atoms with van der Waals surface area (Å²) in [6.45, 7) is 5.95. The number of benzene rings is 3. The van der Waals surface area contributed by atoms with Crippen LogP contribution < -0.4 is 10.6 Å². The van der Waals surface area contributed by atoms with Crippen molar-refractivity contribution in [2.24, 2.45) is 0 Å². The SMILES string of the molecule is CCCCN(CC(=O)Nc1cc(-c2ccccc2)nn1-c1ccc(C)cc1C)C(=O)Nc1ccc(F)cc1F. The summed E-state index contributed by atoms with van der Waals surface area (Å²) in [5.74, 6) is -1.63. The molecule has 0 aliphatic rings. The Morgan fingerprint density at radius 1 is 0.949 bits per heavy atom. The molecule has 3 aromatic carbocycles. The Morgan fingerprint density at radius 3 is 2.41 bits per heavy atom. The average Bonchev–Trinajstić information content (AvgIpc) is 3.31. The fourth-order valence-electron chi connectivity index (χ4n) is 4.19. The molecule has 1 heterocycles. The van der Waals surface area contributed by atoms with E-state index in [4.69, 9.17) is 5.10 Å². The molecule has 2 N–H and O–H groups in total. The van der Waals surface area contributed by atoms with Gasteiger partial charge in [0.25, 0.3) is 0 Å². The van der Waals surface area contributed by atoms with Crippen LogP contribution in [0, 0.1) is 25.5 Å². The maximum absolute atomic E-state index is 14.1. The van der Waals surface area contributed by atoms with Gasteiger partial charge in [0.15, 0.2) is 0 Å². The number of halogens is 2. The number of aromatic nitrogens is 2. The van der Waals surface area contributed by atoms with Crippen LogP contribution in [0.5, 0.6) is 0 Å². The highest BCUT2D eigenvalue weighted by Crippen LogP contribution is 2.27. The monoisotopic (exact) mass is 531 g/mol. The van der Waals surface area contributed by atoms with Crippen molar-refractivity contribution in [1.82, 2.24) is 14.7 Å². The number of carbonyl (C=O) groups is 2. The highest BCUT2D eigenvalue weighted by Gasteiger charge is 2.21. The average molecular weight is 532 g/mol. The molecule has 0 atom stereocenters. The maximum Gasteiger partial charge on any atom is 0.322 e. The van der Waals surface area contributed by atoms with Crippen LogP contribution in [-0.4, -0.2) is 39.7 Å². The molecule has 202 valence electrons. The van der Waals surface area contributed by atoms with Crippen molar-refractivity contribution in [1.29, 1.82) is 0 Å². The Labute approximate surface area is 226 Å². The quantitative estimate of drug-likeness (QED) is 0.252. The minimum absolute atomic E-state index is 0.163.